The van der Waals surface area contributed by atoms with Crippen LogP contribution >= 0.6 is 0 Å². The molecule has 5 atom stereocenters. The van der Waals surface area contributed by atoms with Crippen LogP contribution in [0.4, 0.5) is 10.5 Å². The maximum absolute atomic E-state index is 14.7. The molecule has 252 valence electrons. The highest BCUT2D eigenvalue weighted by Gasteiger charge is 2.46. The summed E-state index contributed by atoms with van der Waals surface area (Å²) in [5.41, 5.74) is 6.20. The molecule has 4 N–H and O–H groups in total. The van der Waals surface area contributed by atoms with Gasteiger partial charge in [-0.3, -0.25) is 29.7 Å². The first-order chi connectivity index (χ1) is 22.8. The Labute approximate surface area is 277 Å². The van der Waals surface area contributed by atoms with Gasteiger partial charge in [0.15, 0.2) is 0 Å². The molecule has 2 aromatic rings. The van der Waals surface area contributed by atoms with Crippen molar-refractivity contribution in [2.24, 2.45) is 11.8 Å². The van der Waals surface area contributed by atoms with Gasteiger partial charge in [-0.1, -0.05) is 74.7 Å². The van der Waals surface area contributed by atoms with Gasteiger partial charge in [0.2, 0.25) is 11.8 Å². The van der Waals surface area contributed by atoms with Gasteiger partial charge in [0.25, 0.3) is 5.91 Å². The van der Waals surface area contributed by atoms with Crippen LogP contribution in [-0.4, -0.2) is 89.1 Å². The predicted octanol–water partition coefficient (Wildman–Crippen LogP) is 3.34. The summed E-state index contributed by atoms with van der Waals surface area (Å²) in [7, 11) is 0. The first-order valence-electron chi connectivity index (χ1n) is 17.3. The zero-order valence-electron chi connectivity index (χ0n) is 27.3. The molecule has 0 radical (unpaired) electrons. The van der Waals surface area contributed by atoms with E-state index < -0.39 is 30.1 Å². The highest BCUT2D eigenvalue weighted by atomic mass is 16.4. The van der Waals surface area contributed by atoms with E-state index >= 15 is 0 Å². The lowest BCUT2D eigenvalue weighted by atomic mass is 9.82. The number of piperazine rings is 1. The van der Waals surface area contributed by atoms with Gasteiger partial charge < -0.3 is 20.6 Å². The van der Waals surface area contributed by atoms with Crippen molar-refractivity contribution in [3.8, 4) is 0 Å². The fraction of sp³-hybridized carbons (Fsp3) is 0.556. The molecule has 47 heavy (non-hydrogen) atoms. The second kappa shape index (κ2) is 14.8. The van der Waals surface area contributed by atoms with E-state index in [1.807, 2.05) is 53.5 Å². The molecule has 11 heteroatoms. The molecule has 0 bridgehead atoms. The van der Waals surface area contributed by atoms with Crippen molar-refractivity contribution in [2.45, 2.75) is 88.9 Å². The number of fused-ring (bicyclic) bond motifs is 2. The van der Waals surface area contributed by atoms with E-state index in [1.165, 1.54) is 5.56 Å². The lowest BCUT2D eigenvalue weighted by Crippen LogP contribution is -2.67. The van der Waals surface area contributed by atoms with E-state index in [2.05, 4.69) is 27.0 Å². The van der Waals surface area contributed by atoms with Crippen molar-refractivity contribution in [2.75, 3.05) is 31.2 Å². The Bertz CT molecular complexity index is 1430. The Kier molecular flexibility index (Phi) is 10.3. The molecule has 1 saturated carbocycles. The van der Waals surface area contributed by atoms with Gasteiger partial charge in [0.1, 0.15) is 12.1 Å². The van der Waals surface area contributed by atoms with E-state index in [1.54, 1.807) is 11.8 Å². The minimum Gasteiger partial charge on any atom is -0.465 e. The minimum absolute atomic E-state index is 0.0526. The molecule has 4 amide bonds. The molecule has 0 spiro atoms. The number of hydrogen-bond donors (Lipinski definition) is 4. The van der Waals surface area contributed by atoms with Crippen LogP contribution in [-0.2, 0) is 27.2 Å². The van der Waals surface area contributed by atoms with Gasteiger partial charge in [0, 0.05) is 31.7 Å². The molecule has 3 fully saturated rings. The lowest BCUT2D eigenvalue weighted by molar-refractivity contribution is -0.149. The Balaban J connectivity index is 1.22. The fourth-order valence-electron chi connectivity index (χ4n) is 8.02. The molecular formula is C36H48N6O5. The summed E-state index contributed by atoms with van der Waals surface area (Å²) in [4.78, 5) is 58.5. The van der Waals surface area contributed by atoms with E-state index in [4.69, 9.17) is 0 Å². The highest BCUT2D eigenvalue weighted by Crippen LogP contribution is 2.32. The zero-order chi connectivity index (χ0) is 32.9. The third-order valence-corrected chi connectivity index (χ3v) is 10.7. The number of carbonyl (C=O) groups excluding carboxylic acids is 3. The summed E-state index contributed by atoms with van der Waals surface area (Å²) < 4.78 is 0. The number of nitrogens with zero attached hydrogens (tertiary/aromatic N) is 3. The smallest absolute Gasteiger partial charge is 0.404 e. The standard InChI is InChI=1S/C36H48N6O5/c1-24(29(37-36(46)47)21-25-11-4-2-5-12-25)33(43)38-32(27-14-6-3-7-15-27)35(45)41-22-28-16-10-19-40(28)23-31(41)34(44)39-42-20-18-26-13-8-9-17-30(26)42/h2,4-5,8-9,11-13,17,24,27-29,31-32,37H,3,6-7,10,14-16,18-23H2,1H3,(H,38,43)(H,39,44)(H,46,47)/t24-,28+,29?,31-,32-/m0/s1. The van der Waals surface area contributed by atoms with Crippen molar-refractivity contribution in [3.63, 3.8) is 0 Å². The quantitative estimate of drug-likeness (QED) is 0.312. The largest absolute Gasteiger partial charge is 0.465 e. The molecule has 2 saturated heterocycles. The van der Waals surface area contributed by atoms with Crippen LogP contribution in [0.15, 0.2) is 54.6 Å². The third-order valence-electron chi connectivity index (χ3n) is 10.7. The molecule has 1 aliphatic carbocycles. The number of carbonyl (C=O) groups is 4. The second-order valence-corrected chi connectivity index (χ2v) is 13.7. The van der Waals surface area contributed by atoms with E-state index in [0.717, 1.165) is 69.2 Å². The molecule has 3 aliphatic heterocycles. The van der Waals surface area contributed by atoms with E-state index in [-0.39, 0.29) is 29.7 Å². The average Bonchev–Trinajstić information content (AvgIpc) is 3.73. The Hall–Kier alpha value is -4.12. The van der Waals surface area contributed by atoms with Gasteiger partial charge in [-0.15, -0.1) is 0 Å². The molecule has 11 nitrogen and oxygen atoms in total. The van der Waals surface area contributed by atoms with Crippen LogP contribution in [0.25, 0.3) is 0 Å². The third kappa shape index (κ3) is 7.56. The molecule has 6 rings (SSSR count). The van der Waals surface area contributed by atoms with Crippen LogP contribution in [0.5, 0.6) is 0 Å². The van der Waals surface area contributed by atoms with Crippen molar-refractivity contribution in [1.82, 2.24) is 25.9 Å². The summed E-state index contributed by atoms with van der Waals surface area (Å²) in [5, 5.41) is 17.1. The summed E-state index contributed by atoms with van der Waals surface area (Å²) >= 11 is 0. The van der Waals surface area contributed by atoms with Gasteiger partial charge in [-0.25, -0.2) is 4.79 Å². The number of hydrogen-bond acceptors (Lipinski definition) is 6. The number of benzene rings is 2. The monoisotopic (exact) mass is 644 g/mol. The van der Waals surface area contributed by atoms with Crippen molar-refractivity contribution < 1.29 is 24.3 Å². The summed E-state index contributed by atoms with van der Waals surface area (Å²) in [6.07, 6.45) is 6.66. The summed E-state index contributed by atoms with van der Waals surface area (Å²) in [5.74, 6) is -1.57. The Morgan fingerprint density at radius 1 is 0.872 bits per heavy atom. The Morgan fingerprint density at radius 2 is 1.62 bits per heavy atom. The Morgan fingerprint density at radius 3 is 2.38 bits per heavy atom. The molecule has 1 unspecified atom stereocenters. The van der Waals surface area contributed by atoms with Crippen LogP contribution in [0.1, 0.15) is 63.0 Å². The van der Waals surface area contributed by atoms with Crippen molar-refractivity contribution in [3.05, 3.63) is 65.7 Å². The SMILES string of the molecule is C[C@H](C(=O)N[C@H](C(=O)N1C[C@H]2CCCN2C[C@H]1C(=O)NN1CCc2ccccc21)C1CCCCC1)C(Cc1ccccc1)NC(=O)O. The number of rotatable bonds is 10. The van der Waals surface area contributed by atoms with Gasteiger partial charge in [0.05, 0.1) is 11.6 Å². The number of amides is 4. The van der Waals surface area contributed by atoms with Crippen LogP contribution in [0.3, 0.4) is 0 Å². The summed E-state index contributed by atoms with van der Waals surface area (Å²) in [6, 6.07) is 15.5. The van der Waals surface area contributed by atoms with Crippen molar-refractivity contribution in [1.29, 1.82) is 0 Å². The first kappa shape index (κ1) is 32.8. The van der Waals surface area contributed by atoms with Gasteiger partial charge >= 0.3 is 6.09 Å². The highest BCUT2D eigenvalue weighted by molar-refractivity contribution is 5.94. The predicted molar refractivity (Wildman–Crippen MR) is 178 cm³/mol. The molecule has 2 aromatic carbocycles. The molecule has 3 heterocycles. The maximum Gasteiger partial charge on any atom is 0.404 e. The second-order valence-electron chi connectivity index (χ2n) is 13.7. The van der Waals surface area contributed by atoms with Crippen LogP contribution in [0, 0.1) is 11.8 Å². The van der Waals surface area contributed by atoms with Crippen LogP contribution in [0.2, 0.25) is 0 Å². The zero-order valence-corrected chi connectivity index (χ0v) is 27.3. The molecule has 0 aromatic heterocycles. The van der Waals surface area contributed by atoms with E-state index in [9.17, 15) is 24.3 Å². The topological polar surface area (TPSA) is 134 Å². The number of para-hydroxylation sites is 1. The molecular weight excluding hydrogens is 596 g/mol. The van der Waals surface area contributed by atoms with Crippen molar-refractivity contribution >= 4 is 29.5 Å². The van der Waals surface area contributed by atoms with Crippen LogP contribution < -0.4 is 21.1 Å². The average molecular weight is 645 g/mol. The first-order valence-corrected chi connectivity index (χ1v) is 17.3. The van der Waals surface area contributed by atoms with E-state index in [0.29, 0.717) is 26.1 Å². The molecule has 4 aliphatic rings. The maximum atomic E-state index is 14.7. The summed E-state index contributed by atoms with van der Waals surface area (Å²) in [6.45, 7) is 4.19. The number of nitrogens with one attached hydrogen (secondary N) is 3. The van der Waals surface area contributed by atoms with Gasteiger partial charge in [-0.2, -0.15) is 0 Å². The minimum atomic E-state index is -1.20. The van der Waals surface area contributed by atoms with Gasteiger partial charge in [-0.05, 0) is 68.2 Å². The normalized spacial score (nSPS) is 23.3. The number of anilines is 1. The number of hydrazine groups is 1. The fourth-order valence-corrected chi connectivity index (χ4v) is 8.02. The lowest BCUT2D eigenvalue weighted by Gasteiger charge is -2.45. The number of carboxylic acid groups (broad SMARTS) is 1.